The number of carbonyl (C=O) groups excluding carboxylic acids is 1. The molecule has 1 aliphatic rings. The Morgan fingerprint density at radius 1 is 1.04 bits per heavy atom. The predicted octanol–water partition coefficient (Wildman–Crippen LogP) is 3.68. The average Bonchev–Trinajstić information content (AvgIpc) is 2.87. The summed E-state index contributed by atoms with van der Waals surface area (Å²) < 4.78 is 1.00. The molecule has 1 aromatic heterocycles. The summed E-state index contributed by atoms with van der Waals surface area (Å²) in [5.41, 5.74) is 2.44. The average molecular weight is 386 g/mol. The molecule has 1 fully saturated rings. The van der Waals surface area contributed by atoms with E-state index in [0.29, 0.717) is 11.2 Å². The van der Waals surface area contributed by atoms with Crippen LogP contribution < -0.4 is 11.0 Å². The molecule has 2 aromatic carbocycles. The standard InChI is InChI=1S/C18H16BrN3O2/c19-12-4-2-11(3-5-12)18(8-1-9-18)16(23)20-13-6-7-14-15(10-13)22-17(24)21-14/h2-7,10H,1,8-9H2,(H,20,23)(H2,21,22,24). The molecule has 0 spiro atoms. The van der Waals surface area contributed by atoms with E-state index in [9.17, 15) is 9.59 Å². The molecule has 0 saturated heterocycles. The highest BCUT2D eigenvalue weighted by Crippen LogP contribution is 2.44. The highest BCUT2D eigenvalue weighted by Gasteiger charge is 2.45. The van der Waals surface area contributed by atoms with Crippen LogP contribution >= 0.6 is 15.9 Å². The van der Waals surface area contributed by atoms with E-state index in [1.54, 1.807) is 18.2 Å². The van der Waals surface area contributed by atoms with Crippen LogP contribution in [0.3, 0.4) is 0 Å². The van der Waals surface area contributed by atoms with Crippen LogP contribution in [0.2, 0.25) is 0 Å². The van der Waals surface area contributed by atoms with Crippen molar-refractivity contribution < 1.29 is 4.79 Å². The van der Waals surface area contributed by atoms with Gasteiger partial charge in [0.25, 0.3) is 0 Å². The van der Waals surface area contributed by atoms with Crippen LogP contribution in [-0.4, -0.2) is 15.9 Å². The van der Waals surface area contributed by atoms with E-state index in [4.69, 9.17) is 0 Å². The molecule has 0 radical (unpaired) electrons. The second-order valence-electron chi connectivity index (χ2n) is 6.24. The van der Waals surface area contributed by atoms with Gasteiger partial charge in [-0.05, 0) is 48.7 Å². The summed E-state index contributed by atoms with van der Waals surface area (Å²) in [5, 5.41) is 3.01. The summed E-state index contributed by atoms with van der Waals surface area (Å²) in [5.74, 6) is 0.00769. The lowest BCUT2D eigenvalue weighted by atomic mass is 9.64. The Hall–Kier alpha value is -2.34. The summed E-state index contributed by atoms with van der Waals surface area (Å²) in [7, 11) is 0. The van der Waals surface area contributed by atoms with Gasteiger partial charge in [-0.3, -0.25) is 4.79 Å². The zero-order valence-corrected chi connectivity index (χ0v) is 14.4. The first-order valence-electron chi connectivity index (χ1n) is 7.86. The minimum Gasteiger partial charge on any atom is -0.325 e. The number of hydrogen-bond donors (Lipinski definition) is 3. The van der Waals surface area contributed by atoms with E-state index in [2.05, 4.69) is 31.2 Å². The first-order valence-corrected chi connectivity index (χ1v) is 8.66. The summed E-state index contributed by atoms with van der Waals surface area (Å²) in [4.78, 5) is 29.7. The minimum atomic E-state index is -0.457. The molecule has 1 saturated carbocycles. The lowest BCUT2D eigenvalue weighted by Gasteiger charge is -2.40. The predicted molar refractivity (Wildman–Crippen MR) is 97.2 cm³/mol. The van der Waals surface area contributed by atoms with E-state index < -0.39 is 5.41 Å². The van der Waals surface area contributed by atoms with Crippen molar-refractivity contribution in [3.05, 3.63) is 63.0 Å². The molecule has 3 aromatic rings. The number of benzene rings is 2. The lowest BCUT2D eigenvalue weighted by molar-refractivity contribution is -0.124. The van der Waals surface area contributed by atoms with Crippen LogP contribution in [-0.2, 0) is 10.2 Å². The maximum atomic E-state index is 12.9. The van der Waals surface area contributed by atoms with Gasteiger partial charge in [0.15, 0.2) is 0 Å². The highest BCUT2D eigenvalue weighted by atomic mass is 79.9. The molecule has 1 heterocycles. The van der Waals surface area contributed by atoms with E-state index in [-0.39, 0.29) is 11.6 Å². The Morgan fingerprint density at radius 3 is 2.42 bits per heavy atom. The zero-order valence-electron chi connectivity index (χ0n) is 12.9. The molecule has 0 aliphatic heterocycles. The fraction of sp³-hybridized carbons (Fsp3) is 0.222. The van der Waals surface area contributed by atoms with E-state index in [0.717, 1.165) is 34.8 Å². The van der Waals surface area contributed by atoms with Gasteiger partial charge in [0.1, 0.15) is 0 Å². The summed E-state index contributed by atoms with van der Waals surface area (Å²) in [6.07, 6.45) is 2.75. The molecule has 122 valence electrons. The van der Waals surface area contributed by atoms with E-state index in [1.807, 2.05) is 24.3 Å². The number of nitrogens with one attached hydrogen (secondary N) is 3. The quantitative estimate of drug-likeness (QED) is 0.642. The van der Waals surface area contributed by atoms with E-state index in [1.165, 1.54) is 0 Å². The van der Waals surface area contributed by atoms with Gasteiger partial charge in [-0.2, -0.15) is 0 Å². The molecular formula is C18H16BrN3O2. The monoisotopic (exact) mass is 385 g/mol. The Bertz CT molecular complexity index is 968. The van der Waals surface area contributed by atoms with E-state index >= 15 is 0 Å². The molecule has 3 N–H and O–H groups in total. The third-order valence-corrected chi connectivity index (χ3v) is 5.34. The molecule has 0 unspecified atom stereocenters. The maximum absolute atomic E-state index is 12.9. The van der Waals surface area contributed by atoms with Crippen molar-refractivity contribution in [1.29, 1.82) is 0 Å². The van der Waals surface area contributed by atoms with Crippen LogP contribution in [0.1, 0.15) is 24.8 Å². The highest BCUT2D eigenvalue weighted by molar-refractivity contribution is 9.10. The number of fused-ring (bicyclic) bond motifs is 1. The van der Waals surface area contributed by atoms with Crippen molar-refractivity contribution in [2.24, 2.45) is 0 Å². The van der Waals surface area contributed by atoms with Crippen molar-refractivity contribution in [2.75, 3.05) is 5.32 Å². The van der Waals surface area contributed by atoms with Crippen molar-refractivity contribution in [1.82, 2.24) is 9.97 Å². The van der Waals surface area contributed by atoms with Crippen LogP contribution in [0.25, 0.3) is 11.0 Å². The number of anilines is 1. The van der Waals surface area contributed by atoms with Crippen LogP contribution in [0.15, 0.2) is 51.7 Å². The number of rotatable bonds is 3. The SMILES string of the molecule is O=C(Nc1ccc2[nH]c(=O)[nH]c2c1)C1(c2ccc(Br)cc2)CCC1. The minimum absolute atomic E-state index is 0.00769. The van der Waals surface area contributed by atoms with Crippen molar-refractivity contribution in [3.63, 3.8) is 0 Å². The van der Waals surface area contributed by atoms with Gasteiger partial charge in [-0.15, -0.1) is 0 Å². The number of H-pyrrole nitrogens is 2. The number of halogens is 1. The Balaban J connectivity index is 1.63. The largest absolute Gasteiger partial charge is 0.325 e. The summed E-state index contributed by atoms with van der Waals surface area (Å²) in [6, 6.07) is 13.3. The van der Waals surface area contributed by atoms with Gasteiger partial charge < -0.3 is 15.3 Å². The molecule has 1 aliphatic carbocycles. The Kier molecular flexibility index (Phi) is 3.57. The van der Waals surface area contributed by atoms with Gasteiger partial charge in [0.2, 0.25) is 5.91 Å². The van der Waals surface area contributed by atoms with Gasteiger partial charge in [0, 0.05) is 10.2 Å². The second kappa shape index (κ2) is 5.63. The van der Waals surface area contributed by atoms with Gasteiger partial charge >= 0.3 is 5.69 Å². The summed E-state index contributed by atoms with van der Waals surface area (Å²) >= 11 is 3.44. The molecule has 1 amide bonds. The number of amides is 1. The van der Waals surface area contributed by atoms with Gasteiger partial charge in [-0.25, -0.2) is 4.79 Å². The van der Waals surface area contributed by atoms with Gasteiger partial charge in [-0.1, -0.05) is 34.5 Å². The third-order valence-electron chi connectivity index (χ3n) is 4.81. The molecule has 6 heteroatoms. The topological polar surface area (TPSA) is 77.8 Å². The molecule has 4 rings (SSSR count). The number of carbonyl (C=O) groups is 1. The molecular weight excluding hydrogens is 370 g/mol. The first-order chi connectivity index (χ1) is 11.6. The number of aromatic nitrogens is 2. The van der Waals surface area contributed by atoms with Crippen molar-refractivity contribution >= 4 is 38.6 Å². The van der Waals surface area contributed by atoms with Crippen LogP contribution in [0, 0.1) is 0 Å². The maximum Gasteiger partial charge on any atom is 0.323 e. The number of aromatic amines is 2. The van der Waals surface area contributed by atoms with Crippen molar-refractivity contribution in [2.45, 2.75) is 24.7 Å². The Morgan fingerprint density at radius 2 is 1.75 bits per heavy atom. The van der Waals surface area contributed by atoms with Crippen LogP contribution in [0.5, 0.6) is 0 Å². The number of imidazole rings is 1. The number of hydrogen-bond acceptors (Lipinski definition) is 2. The normalized spacial score (nSPS) is 15.9. The summed E-state index contributed by atoms with van der Waals surface area (Å²) in [6.45, 7) is 0. The lowest BCUT2D eigenvalue weighted by Crippen LogP contribution is -2.45. The third kappa shape index (κ3) is 2.47. The Labute approximate surface area is 146 Å². The fourth-order valence-corrected chi connectivity index (χ4v) is 3.57. The smallest absolute Gasteiger partial charge is 0.323 e. The fourth-order valence-electron chi connectivity index (χ4n) is 3.31. The molecule has 0 atom stereocenters. The zero-order chi connectivity index (χ0) is 16.7. The molecule has 24 heavy (non-hydrogen) atoms. The van der Waals surface area contributed by atoms with Crippen LogP contribution in [0.4, 0.5) is 5.69 Å². The molecule has 5 nitrogen and oxygen atoms in total. The first kappa shape index (κ1) is 15.2. The van der Waals surface area contributed by atoms with Crippen molar-refractivity contribution in [3.8, 4) is 0 Å². The second-order valence-corrected chi connectivity index (χ2v) is 7.15. The molecule has 0 bridgehead atoms. The van der Waals surface area contributed by atoms with Gasteiger partial charge in [0.05, 0.1) is 16.4 Å².